The first-order valence-corrected chi connectivity index (χ1v) is 35.6. The number of hydrogen-bond donors (Lipinski definition) is 5. The fourth-order valence-corrected chi connectivity index (χ4v) is 16.5. The van der Waals surface area contributed by atoms with E-state index in [9.17, 15) is 25.5 Å². The topological polar surface area (TPSA) is 148 Å². The van der Waals surface area contributed by atoms with Crippen LogP contribution in [-0.4, -0.2) is 126 Å². The summed E-state index contributed by atoms with van der Waals surface area (Å²) in [6.07, 6.45) is 13.1. The van der Waals surface area contributed by atoms with Gasteiger partial charge in [-0.3, -0.25) is 14.7 Å². The lowest BCUT2D eigenvalue weighted by Gasteiger charge is -2.35. The lowest BCUT2D eigenvalue weighted by Crippen LogP contribution is -2.25. The SMILES string of the molecule is COc1c(O)ccc2c1CC[C@H](c1ccccc1)[C@@H]2c1ccc(OCCN2CCCC2)cc1.Oc1ccc2c(c1O)CC[C@H](c1ccccc1)[C@@H]2c1ccc(OCCN2CCCC2)cc1.Oc1ccc2c(c1O)CC[C@H](c1ccccc1)[C@@H]2c1ccc(OCCN2CCCC2)cc1. The number of rotatable bonds is 19. The Kier molecular flexibility index (Phi) is 22.0. The van der Waals surface area contributed by atoms with Gasteiger partial charge in [0.15, 0.2) is 34.5 Å². The van der Waals surface area contributed by atoms with E-state index in [-0.39, 0.29) is 46.5 Å². The highest BCUT2D eigenvalue weighted by atomic mass is 16.5. The van der Waals surface area contributed by atoms with Gasteiger partial charge >= 0.3 is 0 Å². The number of hydrogen-bond acceptors (Lipinski definition) is 12. The van der Waals surface area contributed by atoms with Crippen LogP contribution in [0.25, 0.3) is 0 Å². The Morgan fingerprint density at radius 2 is 0.608 bits per heavy atom. The van der Waals surface area contributed by atoms with Crippen molar-refractivity contribution in [1.82, 2.24) is 14.7 Å². The van der Waals surface area contributed by atoms with Gasteiger partial charge in [0.25, 0.3) is 0 Å². The summed E-state index contributed by atoms with van der Waals surface area (Å²) in [5.41, 5.74) is 14.0. The van der Waals surface area contributed by atoms with Gasteiger partial charge in [-0.2, -0.15) is 0 Å². The van der Waals surface area contributed by atoms with E-state index >= 15 is 0 Å². The van der Waals surface area contributed by atoms with Crippen LogP contribution in [0, 0.1) is 0 Å². The summed E-state index contributed by atoms with van der Waals surface area (Å²) in [7, 11) is 1.64. The van der Waals surface area contributed by atoms with Crippen molar-refractivity contribution in [3.63, 3.8) is 0 Å². The lowest BCUT2D eigenvalue weighted by molar-refractivity contribution is 0.237. The average molecular weight is 1300 g/mol. The molecule has 15 rings (SSSR count). The van der Waals surface area contributed by atoms with Crippen molar-refractivity contribution in [2.24, 2.45) is 0 Å². The van der Waals surface area contributed by atoms with E-state index in [1.807, 2.05) is 24.3 Å². The maximum absolute atomic E-state index is 10.5. The molecule has 0 aromatic heterocycles. The van der Waals surface area contributed by atoms with Gasteiger partial charge in [0.1, 0.15) is 37.1 Å². The molecule has 6 aliphatic rings. The van der Waals surface area contributed by atoms with Crippen molar-refractivity contribution in [3.05, 3.63) is 267 Å². The molecule has 3 aliphatic carbocycles. The van der Waals surface area contributed by atoms with E-state index < -0.39 is 0 Å². The molecular weight excluding hydrogens is 1210 g/mol. The minimum atomic E-state index is -0.0394. The van der Waals surface area contributed by atoms with E-state index in [4.69, 9.17) is 18.9 Å². The molecule has 3 fully saturated rings. The van der Waals surface area contributed by atoms with Crippen LogP contribution in [0.3, 0.4) is 0 Å². The Morgan fingerprint density at radius 3 is 0.918 bits per heavy atom. The van der Waals surface area contributed by atoms with E-state index in [1.54, 1.807) is 25.3 Å². The zero-order valence-corrected chi connectivity index (χ0v) is 56.2. The molecule has 0 saturated carbocycles. The van der Waals surface area contributed by atoms with Gasteiger partial charge in [-0.1, -0.05) is 146 Å². The number of nitrogens with zero attached hydrogens (tertiary/aromatic N) is 3. The normalized spacial score (nSPS) is 20.6. The van der Waals surface area contributed by atoms with Crippen LogP contribution in [0.2, 0.25) is 0 Å². The van der Waals surface area contributed by atoms with Crippen molar-refractivity contribution < 1.29 is 44.5 Å². The van der Waals surface area contributed by atoms with Gasteiger partial charge in [-0.25, -0.2) is 0 Å². The number of methoxy groups -OCH3 is 1. The van der Waals surface area contributed by atoms with Crippen molar-refractivity contribution >= 4 is 0 Å². The number of benzene rings is 9. The summed E-state index contributed by atoms with van der Waals surface area (Å²) >= 11 is 0. The second kappa shape index (κ2) is 32.0. The number of fused-ring (bicyclic) bond motifs is 3. The summed E-state index contributed by atoms with van der Waals surface area (Å²) in [5, 5.41) is 51.5. The second-order valence-corrected chi connectivity index (χ2v) is 27.2. The predicted molar refractivity (Wildman–Crippen MR) is 385 cm³/mol. The number of phenolic OH excluding ortho intramolecular Hbond substituents is 5. The number of ether oxygens (including phenoxy) is 4. The van der Waals surface area contributed by atoms with Gasteiger partial charge in [0.2, 0.25) is 0 Å². The standard InChI is InChI=1S/C29H33NO3.2C28H31NO3/c1-32-29-26-14-13-24(21-7-3-2-4-8-21)28(25(26)15-16-27(29)31)22-9-11-23(12-10-22)33-20-19-30-17-5-6-18-30;2*30-26-15-14-24-25(28(26)31)13-12-23(20-6-2-1-3-7-20)27(24)21-8-10-22(11-9-21)32-19-18-29-16-4-5-17-29/h2-4,7-12,15-16,24,28,31H,5-6,13-14,17-20H2,1H3;2*1-3,6-11,14-15,23,27,30-31H,4-5,12-13,16-19H2/t24-,28+;2*23-,27+/m111/s1. The molecule has 0 amide bonds. The molecule has 6 atom stereocenters. The Bertz CT molecular complexity index is 3790. The highest BCUT2D eigenvalue weighted by Crippen LogP contribution is 2.53. The van der Waals surface area contributed by atoms with Crippen LogP contribution >= 0.6 is 0 Å². The van der Waals surface area contributed by atoms with Crippen LogP contribution in [-0.2, 0) is 19.3 Å². The first-order chi connectivity index (χ1) is 47.6. The van der Waals surface area contributed by atoms with Gasteiger partial charge in [0.05, 0.1) is 7.11 Å². The van der Waals surface area contributed by atoms with Crippen LogP contribution in [0.15, 0.2) is 200 Å². The van der Waals surface area contributed by atoms with Gasteiger partial charge in [-0.15, -0.1) is 0 Å². The molecule has 0 radical (unpaired) electrons. The van der Waals surface area contributed by atoms with Crippen LogP contribution in [0.4, 0.5) is 0 Å². The third kappa shape index (κ3) is 15.7. The summed E-state index contributed by atoms with van der Waals surface area (Å²) in [6.45, 7) is 12.3. The Labute approximate surface area is 573 Å². The Balaban J connectivity index is 0.000000131. The Morgan fingerprint density at radius 1 is 0.320 bits per heavy atom. The molecule has 0 unspecified atom stereocenters. The van der Waals surface area contributed by atoms with Gasteiger partial charge in [0, 0.05) is 54.1 Å². The van der Waals surface area contributed by atoms with Crippen LogP contribution in [0.1, 0.15) is 160 Å². The molecule has 0 spiro atoms. The van der Waals surface area contributed by atoms with E-state index in [0.717, 1.165) is 110 Å². The molecule has 9 aromatic rings. The second-order valence-electron chi connectivity index (χ2n) is 27.2. The minimum Gasteiger partial charge on any atom is -0.504 e. The molecular formula is C85H95N3O9. The third-order valence-electron chi connectivity index (χ3n) is 21.4. The van der Waals surface area contributed by atoms with Crippen molar-refractivity contribution in [2.75, 3.05) is 85.8 Å². The number of aromatic hydroxyl groups is 5. The first-order valence-electron chi connectivity index (χ1n) is 35.6. The quantitative estimate of drug-likeness (QED) is 0.0491. The van der Waals surface area contributed by atoms with E-state index in [1.165, 1.54) is 117 Å². The molecule has 3 aliphatic heterocycles. The van der Waals surface area contributed by atoms with E-state index in [2.05, 4.69) is 172 Å². The zero-order valence-electron chi connectivity index (χ0n) is 56.2. The molecule has 3 saturated heterocycles. The fourth-order valence-electron chi connectivity index (χ4n) is 16.5. The summed E-state index contributed by atoms with van der Waals surface area (Å²) in [4.78, 5) is 7.39. The first kappa shape index (κ1) is 66.7. The molecule has 3 heterocycles. The summed E-state index contributed by atoms with van der Waals surface area (Å²) in [6, 6.07) is 68.6. The van der Waals surface area contributed by atoms with Gasteiger partial charge < -0.3 is 44.5 Å². The maximum atomic E-state index is 10.5. The highest BCUT2D eigenvalue weighted by Gasteiger charge is 2.37. The highest BCUT2D eigenvalue weighted by molar-refractivity contribution is 5.59. The maximum Gasteiger partial charge on any atom is 0.163 e. The third-order valence-corrected chi connectivity index (χ3v) is 21.4. The van der Waals surface area contributed by atoms with Crippen LogP contribution in [0.5, 0.6) is 51.7 Å². The van der Waals surface area contributed by atoms with Crippen molar-refractivity contribution in [1.29, 1.82) is 0 Å². The predicted octanol–water partition coefficient (Wildman–Crippen LogP) is 16.6. The fraction of sp³-hybridized carbons (Fsp3) is 0.365. The minimum absolute atomic E-state index is 0.0286. The number of phenols is 5. The molecule has 0 bridgehead atoms. The molecule has 97 heavy (non-hydrogen) atoms. The molecule has 5 N–H and O–H groups in total. The Hall–Kier alpha value is -8.94. The van der Waals surface area contributed by atoms with Gasteiger partial charge in [-0.05, 0) is 239 Å². The molecule has 504 valence electrons. The molecule has 12 heteroatoms. The lowest BCUT2D eigenvalue weighted by atomic mass is 9.69. The average Bonchev–Trinajstić information content (AvgIpc) is 1.77. The largest absolute Gasteiger partial charge is 0.504 e. The zero-order chi connectivity index (χ0) is 66.5. The van der Waals surface area contributed by atoms with Crippen molar-refractivity contribution in [2.45, 2.75) is 113 Å². The summed E-state index contributed by atoms with van der Waals surface area (Å²) < 4.78 is 23.7. The van der Waals surface area contributed by atoms with Crippen LogP contribution < -0.4 is 18.9 Å². The molecule has 12 nitrogen and oxygen atoms in total. The summed E-state index contributed by atoms with van der Waals surface area (Å²) in [5.74, 6) is 4.96. The smallest absolute Gasteiger partial charge is 0.163 e. The van der Waals surface area contributed by atoms with E-state index in [0.29, 0.717) is 36.7 Å². The monoisotopic (exact) mass is 1300 g/mol. The molecule has 9 aromatic carbocycles. The number of likely N-dealkylation sites (tertiary alicyclic amines) is 3. The van der Waals surface area contributed by atoms with Crippen molar-refractivity contribution in [3.8, 4) is 51.7 Å².